The summed E-state index contributed by atoms with van der Waals surface area (Å²) in [4.78, 5) is 6.90. The molecule has 5 nitrogen and oxygen atoms in total. The number of likely N-dealkylation sites (tertiary alicyclic amines) is 1. The first-order valence-corrected chi connectivity index (χ1v) is 9.20. The summed E-state index contributed by atoms with van der Waals surface area (Å²) >= 11 is 0. The Morgan fingerprint density at radius 2 is 2.08 bits per heavy atom. The van der Waals surface area contributed by atoms with Crippen molar-refractivity contribution in [1.82, 2.24) is 15.5 Å². The lowest BCUT2D eigenvalue weighted by atomic mass is 10.1. The molecule has 2 unspecified atom stereocenters. The second kappa shape index (κ2) is 10.2. The number of hydrogen-bond acceptors (Lipinski definition) is 3. The average molecular weight is 458 g/mol. The summed E-state index contributed by atoms with van der Waals surface area (Å²) in [5.74, 6) is 2.62. The van der Waals surface area contributed by atoms with Crippen LogP contribution in [0.2, 0.25) is 0 Å². The molecule has 1 aromatic carbocycles. The van der Waals surface area contributed by atoms with E-state index in [2.05, 4.69) is 39.6 Å². The molecule has 0 amide bonds. The summed E-state index contributed by atoms with van der Waals surface area (Å²) in [6.45, 7) is 7.69. The van der Waals surface area contributed by atoms with Crippen LogP contribution in [0.4, 0.5) is 0 Å². The Balaban J connectivity index is 0.00000225. The SMILES string of the molecule is CCCN1CCC(CNC(=NC)NCC2Cc3ccccc3O2)C1.I. The monoisotopic (exact) mass is 458 g/mol. The van der Waals surface area contributed by atoms with Crippen molar-refractivity contribution >= 4 is 29.9 Å². The van der Waals surface area contributed by atoms with Crippen molar-refractivity contribution in [2.45, 2.75) is 32.3 Å². The minimum absolute atomic E-state index is 0. The minimum Gasteiger partial charge on any atom is -0.488 e. The fourth-order valence-electron chi connectivity index (χ4n) is 3.64. The summed E-state index contributed by atoms with van der Waals surface area (Å²) in [7, 11) is 1.83. The van der Waals surface area contributed by atoms with Crippen LogP contribution in [0.25, 0.3) is 0 Å². The van der Waals surface area contributed by atoms with Crippen LogP contribution in [0.5, 0.6) is 5.75 Å². The summed E-state index contributed by atoms with van der Waals surface area (Å²) in [5.41, 5.74) is 1.30. The molecular weight excluding hydrogens is 427 g/mol. The molecule has 6 heteroatoms. The maximum atomic E-state index is 5.97. The van der Waals surface area contributed by atoms with Gasteiger partial charge >= 0.3 is 0 Å². The van der Waals surface area contributed by atoms with E-state index in [4.69, 9.17) is 4.74 Å². The largest absolute Gasteiger partial charge is 0.488 e. The van der Waals surface area contributed by atoms with Gasteiger partial charge in [0, 0.05) is 26.6 Å². The second-order valence-electron chi connectivity index (χ2n) is 6.84. The number of ether oxygens (including phenoxy) is 1. The number of para-hydroxylation sites is 1. The van der Waals surface area contributed by atoms with Gasteiger partial charge in [-0.05, 0) is 43.5 Å². The molecule has 25 heavy (non-hydrogen) atoms. The normalized spacial score (nSPS) is 22.9. The Bertz CT molecular complexity index is 541. The van der Waals surface area contributed by atoms with E-state index in [-0.39, 0.29) is 30.1 Å². The molecule has 0 aromatic heterocycles. The molecular formula is C19H31IN4O. The first-order valence-electron chi connectivity index (χ1n) is 9.20. The molecule has 2 heterocycles. The fourth-order valence-corrected chi connectivity index (χ4v) is 3.64. The summed E-state index contributed by atoms with van der Waals surface area (Å²) in [6, 6.07) is 8.29. The third-order valence-electron chi connectivity index (χ3n) is 4.90. The van der Waals surface area contributed by atoms with E-state index in [1.165, 1.54) is 38.0 Å². The molecule has 0 radical (unpaired) electrons. The predicted molar refractivity (Wildman–Crippen MR) is 114 cm³/mol. The molecule has 2 N–H and O–H groups in total. The van der Waals surface area contributed by atoms with Gasteiger partial charge in [0.2, 0.25) is 0 Å². The highest BCUT2D eigenvalue weighted by molar-refractivity contribution is 14.0. The number of guanidine groups is 1. The Morgan fingerprint density at radius 3 is 2.84 bits per heavy atom. The van der Waals surface area contributed by atoms with E-state index in [0.29, 0.717) is 0 Å². The molecule has 2 aliphatic heterocycles. The number of nitrogens with one attached hydrogen (secondary N) is 2. The highest BCUT2D eigenvalue weighted by Gasteiger charge is 2.23. The van der Waals surface area contributed by atoms with Gasteiger partial charge in [-0.15, -0.1) is 24.0 Å². The van der Waals surface area contributed by atoms with Crippen LogP contribution >= 0.6 is 24.0 Å². The zero-order valence-electron chi connectivity index (χ0n) is 15.3. The van der Waals surface area contributed by atoms with Crippen molar-refractivity contribution in [3.8, 4) is 5.75 Å². The maximum absolute atomic E-state index is 5.97. The van der Waals surface area contributed by atoms with E-state index in [0.717, 1.165) is 37.1 Å². The van der Waals surface area contributed by atoms with Crippen LogP contribution in [0, 0.1) is 5.92 Å². The third kappa shape index (κ3) is 5.74. The van der Waals surface area contributed by atoms with Gasteiger partial charge < -0.3 is 20.3 Å². The van der Waals surface area contributed by atoms with Gasteiger partial charge in [0.25, 0.3) is 0 Å². The number of fused-ring (bicyclic) bond motifs is 1. The molecule has 2 atom stereocenters. The molecule has 1 fully saturated rings. The van der Waals surface area contributed by atoms with Gasteiger partial charge in [0.1, 0.15) is 11.9 Å². The topological polar surface area (TPSA) is 48.9 Å². The molecule has 1 aromatic rings. The average Bonchev–Trinajstić information content (AvgIpc) is 3.21. The van der Waals surface area contributed by atoms with Crippen molar-refractivity contribution in [1.29, 1.82) is 0 Å². The second-order valence-corrected chi connectivity index (χ2v) is 6.84. The Labute approximate surface area is 168 Å². The quantitative estimate of drug-likeness (QED) is 0.391. The molecule has 0 saturated carbocycles. The molecule has 0 aliphatic carbocycles. The van der Waals surface area contributed by atoms with E-state index < -0.39 is 0 Å². The summed E-state index contributed by atoms with van der Waals surface area (Å²) in [6.07, 6.45) is 3.68. The lowest BCUT2D eigenvalue weighted by Crippen LogP contribution is -2.44. The standard InChI is InChI=1S/C19H30N4O.HI/c1-3-9-23-10-8-15(14-23)12-21-19(20-2)22-13-17-11-16-6-4-5-7-18(16)24-17;/h4-7,15,17H,3,8-14H2,1-2H3,(H2,20,21,22);1H. The van der Waals surface area contributed by atoms with Crippen LogP contribution in [-0.4, -0.2) is 56.7 Å². The van der Waals surface area contributed by atoms with Gasteiger partial charge in [-0.2, -0.15) is 0 Å². The molecule has 3 rings (SSSR count). The highest BCUT2D eigenvalue weighted by atomic mass is 127. The van der Waals surface area contributed by atoms with E-state index in [1.54, 1.807) is 0 Å². The molecule has 0 spiro atoms. The summed E-state index contributed by atoms with van der Waals surface area (Å²) in [5, 5.41) is 6.88. The third-order valence-corrected chi connectivity index (χ3v) is 4.90. The minimum atomic E-state index is 0. The van der Waals surface area contributed by atoms with Crippen LogP contribution in [0.1, 0.15) is 25.3 Å². The highest BCUT2D eigenvalue weighted by Crippen LogP contribution is 2.27. The number of aliphatic imine (C=N–C) groups is 1. The maximum Gasteiger partial charge on any atom is 0.191 e. The first kappa shape index (κ1) is 20.3. The zero-order chi connectivity index (χ0) is 16.8. The van der Waals surface area contributed by atoms with E-state index >= 15 is 0 Å². The van der Waals surface area contributed by atoms with Crippen LogP contribution in [0.3, 0.4) is 0 Å². The molecule has 2 aliphatic rings. The Kier molecular flexibility index (Phi) is 8.29. The zero-order valence-corrected chi connectivity index (χ0v) is 17.7. The number of nitrogens with zero attached hydrogens (tertiary/aromatic N) is 2. The van der Waals surface area contributed by atoms with Crippen molar-refractivity contribution in [3.05, 3.63) is 29.8 Å². The molecule has 140 valence electrons. The first-order chi connectivity index (χ1) is 11.8. The number of benzene rings is 1. The molecule has 1 saturated heterocycles. The van der Waals surface area contributed by atoms with Gasteiger partial charge in [-0.3, -0.25) is 4.99 Å². The number of rotatable bonds is 6. The van der Waals surface area contributed by atoms with Crippen molar-refractivity contribution in [2.75, 3.05) is 39.8 Å². The predicted octanol–water partition coefficient (Wildman–Crippen LogP) is 2.51. The van der Waals surface area contributed by atoms with Gasteiger partial charge in [-0.25, -0.2) is 0 Å². The van der Waals surface area contributed by atoms with Crippen molar-refractivity contribution in [2.24, 2.45) is 10.9 Å². The van der Waals surface area contributed by atoms with E-state index in [1.807, 2.05) is 19.2 Å². The lowest BCUT2D eigenvalue weighted by Gasteiger charge is -2.18. The Morgan fingerprint density at radius 1 is 1.28 bits per heavy atom. The lowest BCUT2D eigenvalue weighted by molar-refractivity contribution is 0.235. The van der Waals surface area contributed by atoms with Crippen molar-refractivity contribution < 1.29 is 4.74 Å². The van der Waals surface area contributed by atoms with Crippen LogP contribution in [0.15, 0.2) is 29.3 Å². The van der Waals surface area contributed by atoms with Crippen molar-refractivity contribution in [3.63, 3.8) is 0 Å². The fraction of sp³-hybridized carbons (Fsp3) is 0.632. The smallest absolute Gasteiger partial charge is 0.191 e. The van der Waals surface area contributed by atoms with Gasteiger partial charge in [-0.1, -0.05) is 25.1 Å². The van der Waals surface area contributed by atoms with Gasteiger partial charge in [0.15, 0.2) is 5.96 Å². The number of halogens is 1. The number of hydrogen-bond donors (Lipinski definition) is 2. The van der Waals surface area contributed by atoms with Crippen LogP contribution < -0.4 is 15.4 Å². The molecule has 0 bridgehead atoms. The summed E-state index contributed by atoms with van der Waals surface area (Å²) < 4.78 is 5.97. The van der Waals surface area contributed by atoms with Gasteiger partial charge in [0.05, 0.1) is 6.54 Å². The van der Waals surface area contributed by atoms with Crippen LogP contribution in [-0.2, 0) is 6.42 Å². The Hall–Kier alpha value is -1.02. The van der Waals surface area contributed by atoms with E-state index in [9.17, 15) is 0 Å².